The number of aromatic amines is 1. The van der Waals surface area contributed by atoms with E-state index in [0.717, 1.165) is 12.1 Å². The van der Waals surface area contributed by atoms with E-state index >= 15 is 0 Å². The molecule has 0 aliphatic heterocycles. The van der Waals surface area contributed by atoms with Crippen LogP contribution in [0.5, 0.6) is 5.75 Å². The second kappa shape index (κ2) is 4.55. The fraction of sp³-hybridized carbons (Fsp3) is 0.182. The number of halogens is 1. The SMILES string of the molecule is NCCc1cnc(-c2cc(Cl)ccc2O)[nH]1. The topological polar surface area (TPSA) is 74.9 Å². The van der Waals surface area contributed by atoms with E-state index in [-0.39, 0.29) is 5.75 Å². The minimum absolute atomic E-state index is 0.151. The first-order chi connectivity index (χ1) is 7.70. The number of nitrogens with two attached hydrogens (primary N) is 1. The Hall–Kier alpha value is -1.52. The number of aromatic nitrogens is 2. The van der Waals surface area contributed by atoms with Gasteiger partial charge >= 0.3 is 0 Å². The van der Waals surface area contributed by atoms with Gasteiger partial charge in [0.15, 0.2) is 0 Å². The maximum absolute atomic E-state index is 9.68. The molecule has 2 aromatic rings. The van der Waals surface area contributed by atoms with Crippen molar-refractivity contribution < 1.29 is 5.11 Å². The average molecular weight is 238 g/mol. The van der Waals surface area contributed by atoms with Gasteiger partial charge in [-0.05, 0) is 24.7 Å². The molecule has 16 heavy (non-hydrogen) atoms. The first-order valence-electron chi connectivity index (χ1n) is 4.93. The monoisotopic (exact) mass is 237 g/mol. The van der Waals surface area contributed by atoms with E-state index in [1.54, 1.807) is 24.4 Å². The Kier molecular flexibility index (Phi) is 3.12. The van der Waals surface area contributed by atoms with Crippen molar-refractivity contribution in [1.29, 1.82) is 0 Å². The lowest BCUT2D eigenvalue weighted by atomic mass is 10.2. The normalized spacial score (nSPS) is 10.6. The van der Waals surface area contributed by atoms with E-state index in [0.29, 0.717) is 23.0 Å². The van der Waals surface area contributed by atoms with E-state index in [1.807, 2.05) is 0 Å². The van der Waals surface area contributed by atoms with Crippen LogP contribution in [0.15, 0.2) is 24.4 Å². The Morgan fingerprint density at radius 1 is 1.44 bits per heavy atom. The van der Waals surface area contributed by atoms with Gasteiger partial charge in [0, 0.05) is 23.3 Å². The molecule has 0 spiro atoms. The van der Waals surface area contributed by atoms with E-state index in [1.165, 1.54) is 0 Å². The van der Waals surface area contributed by atoms with Crippen molar-refractivity contribution in [3.63, 3.8) is 0 Å². The number of rotatable bonds is 3. The minimum Gasteiger partial charge on any atom is -0.507 e. The largest absolute Gasteiger partial charge is 0.507 e. The Balaban J connectivity index is 2.38. The molecule has 1 heterocycles. The number of hydrogen-bond donors (Lipinski definition) is 3. The minimum atomic E-state index is 0.151. The van der Waals surface area contributed by atoms with Gasteiger partial charge in [-0.2, -0.15) is 0 Å². The van der Waals surface area contributed by atoms with Crippen LogP contribution < -0.4 is 5.73 Å². The Morgan fingerprint density at radius 3 is 3.00 bits per heavy atom. The molecule has 0 saturated carbocycles. The summed E-state index contributed by atoms with van der Waals surface area (Å²) in [6, 6.07) is 4.84. The second-order valence-electron chi connectivity index (χ2n) is 3.46. The second-order valence-corrected chi connectivity index (χ2v) is 3.89. The maximum atomic E-state index is 9.68. The van der Waals surface area contributed by atoms with Crippen molar-refractivity contribution in [3.8, 4) is 17.1 Å². The number of nitrogens with zero attached hydrogens (tertiary/aromatic N) is 1. The molecule has 0 unspecified atom stereocenters. The van der Waals surface area contributed by atoms with E-state index in [9.17, 15) is 5.11 Å². The number of H-pyrrole nitrogens is 1. The molecule has 0 fully saturated rings. The zero-order valence-electron chi connectivity index (χ0n) is 8.57. The van der Waals surface area contributed by atoms with Crippen molar-refractivity contribution in [2.24, 2.45) is 5.73 Å². The molecule has 84 valence electrons. The van der Waals surface area contributed by atoms with Crippen LogP contribution in [-0.2, 0) is 6.42 Å². The molecule has 0 saturated heterocycles. The van der Waals surface area contributed by atoms with Crippen LogP contribution in [0.4, 0.5) is 0 Å². The van der Waals surface area contributed by atoms with E-state index in [4.69, 9.17) is 17.3 Å². The summed E-state index contributed by atoms with van der Waals surface area (Å²) < 4.78 is 0. The molecular weight excluding hydrogens is 226 g/mol. The molecule has 0 radical (unpaired) electrons. The maximum Gasteiger partial charge on any atom is 0.141 e. The summed E-state index contributed by atoms with van der Waals surface area (Å²) in [5, 5.41) is 10.2. The van der Waals surface area contributed by atoms with Crippen LogP contribution in [0.25, 0.3) is 11.4 Å². The van der Waals surface area contributed by atoms with Gasteiger partial charge in [-0.15, -0.1) is 0 Å². The highest BCUT2D eigenvalue weighted by Gasteiger charge is 2.08. The Morgan fingerprint density at radius 2 is 2.25 bits per heavy atom. The lowest BCUT2D eigenvalue weighted by molar-refractivity contribution is 0.477. The summed E-state index contributed by atoms with van der Waals surface area (Å²) in [7, 11) is 0. The molecule has 2 rings (SSSR count). The third-order valence-corrected chi connectivity index (χ3v) is 2.49. The zero-order chi connectivity index (χ0) is 11.5. The molecule has 0 aliphatic rings. The number of phenols is 1. The lowest BCUT2D eigenvalue weighted by Crippen LogP contribution is -2.02. The summed E-state index contributed by atoms with van der Waals surface area (Å²) >= 11 is 5.86. The Bertz CT molecular complexity index is 496. The zero-order valence-corrected chi connectivity index (χ0v) is 9.33. The van der Waals surface area contributed by atoms with Gasteiger partial charge in [-0.25, -0.2) is 4.98 Å². The van der Waals surface area contributed by atoms with Crippen molar-refractivity contribution in [3.05, 3.63) is 35.1 Å². The highest BCUT2D eigenvalue weighted by molar-refractivity contribution is 6.30. The molecule has 4 N–H and O–H groups in total. The smallest absolute Gasteiger partial charge is 0.141 e. The number of imidazole rings is 1. The predicted molar refractivity (Wildman–Crippen MR) is 63.5 cm³/mol. The number of hydrogen-bond acceptors (Lipinski definition) is 3. The van der Waals surface area contributed by atoms with Crippen molar-refractivity contribution >= 4 is 11.6 Å². The fourth-order valence-electron chi connectivity index (χ4n) is 1.48. The van der Waals surface area contributed by atoms with Gasteiger partial charge in [0.1, 0.15) is 11.6 Å². The van der Waals surface area contributed by atoms with Crippen molar-refractivity contribution in [2.45, 2.75) is 6.42 Å². The molecular formula is C11H12ClN3O. The summed E-state index contributed by atoms with van der Waals surface area (Å²) in [4.78, 5) is 7.27. The quantitative estimate of drug-likeness (QED) is 0.764. The van der Waals surface area contributed by atoms with E-state index in [2.05, 4.69) is 9.97 Å². The summed E-state index contributed by atoms with van der Waals surface area (Å²) in [5.74, 6) is 0.751. The van der Waals surface area contributed by atoms with Crippen molar-refractivity contribution in [2.75, 3.05) is 6.54 Å². The Labute approximate surface area is 98.1 Å². The average Bonchev–Trinajstić information content (AvgIpc) is 2.71. The van der Waals surface area contributed by atoms with Gasteiger partial charge < -0.3 is 15.8 Å². The molecule has 0 bridgehead atoms. The molecule has 0 aliphatic carbocycles. The molecule has 1 aromatic heterocycles. The molecule has 0 amide bonds. The van der Waals surface area contributed by atoms with Gasteiger partial charge in [-0.3, -0.25) is 0 Å². The third kappa shape index (κ3) is 2.18. The van der Waals surface area contributed by atoms with Crippen LogP contribution in [0.1, 0.15) is 5.69 Å². The van der Waals surface area contributed by atoms with Gasteiger partial charge in [0.2, 0.25) is 0 Å². The number of nitrogens with one attached hydrogen (secondary N) is 1. The third-order valence-electron chi connectivity index (χ3n) is 2.26. The number of phenolic OH excluding ortho intramolecular Hbond substituents is 1. The van der Waals surface area contributed by atoms with Crippen LogP contribution in [-0.4, -0.2) is 21.6 Å². The molecule has 4 nitrogen and oxygen atoms in total. The predicted octanol–water partition coefficient (Wildman–Crippen LogP) is 1.94. The highest BCUT2D eigenvalue weighted by atomic mass is 35.5. The van der Waals surface area contributed by atoms with Crippen LogP contribution in [0.2, 0.25) is 5.02 Å². The van der Waals surface area contributed by atoms with Crippen LogP contribution in [0.3, 0.4) is 0 Å². The standard InChI is InChI=1S/C11H12ClN3O/c12-7-1-2-10(16)9(5-7)11-14-6-8(15-11)3-4-13/h1-2,5-6,16H,3-4,13H2,(H,14,15). The van der Waals surface area contributed by atoms with Gasteiger partial charge in [0.25, 0.3) is 0 Å². The number of benzene rings is 1. The van der Waals surface area contributed by atoms with E-state index < -0.39 is 0 Å². The van der Waals surface area contributed by atoms with Crippen LogP contribution >= 0.6 is 11.6 Å². The first-order valence-corrected chi connectivity index (χ1v) is 5.31. The highest BCUT2D eigenvalue weighted by Crippen LogP contribution is 2.29. The van der Waals surface area contributed by atoms with Gasteiger partial charge in [-0.1, -0.05) is 11.6 Å². The molecule has 5 heteroatoms. The summed E-state index contributed by atoms with van der Waals surface area (Å²) in [5.41, 5.74) is 6.98. The molecule has 1 aromatic carbocycles. The van der Waals surface area contributed by atoms with Crippen molar-refractivity contribution in [1.82, 2.24) is 9.97 Å². The van der Waals surface area contributed by atoms with Gasteiger partial charge in [0.05, 0.1) is 5.56 Å². The van der Waals surface area contributed by atoms with Crippen LogP contribution in [0, 0.1) is 0 Å². The lowest BCUT2D eigenvalue weighted by Gasteiger charge is -2.01. The molecule has 0 atom stereocenters. The summed E-state index contributed by atoms with van der Waals surface area (Å²) in [6.45, 7) is 0.559. The summed E-state index contributed by atoms with van der Waals surface area (Å²) in [6.07, 6.45) is 2.44. The fourth-order valence-corrected chi connectivity index (χ4v) is 1.65. The first kappa shape index (κ1) is 11.0. The number of aromatic hydroxyl groups is 1.